The minimum atomic E-state index is -2.97. The molecule has 20 heavy (non-hydrogen) atoms. The van der Waals surface area contributed by atoms with Gasteiger partial charge in [0.2, 0.25) is 0 Å². The lowest BCUT2D eigenvalue weighted by Gasteiger charge is -2.37. The largest absolute Gasteiger partial charge is 0.496 e. The first-order valence-electron chi connectivity index (χ1n) is 6.66. The maximum absolute atomic E-state index is 11.8. The third-order valence-corrected chi connectivity index (χ3v) is 5.96. The zero-order chi connectivity index (χ0) is 14.8. The second kappa shape index (κ2) is 5.71. The highest BCUT2D eigenvalue weighted by Crippen LogP contribution is 2.30. The highest BCUT2D eigenvalue weighted by molar-refractivity contribution is 7.91. The smallest absolute Gasteiger partial charge is 0.152 e. The summed E-state index contributed by atoms with van der Waals surface area (Å²) in [7, 11) is 0.595. The molecule has 0 bridgehead atoms. The molecule has 2 N–H and O–H groups in total. The summed E-state index contributed by atoms with van der Waals surface area (Å²) in [6, 6.07) is 7.76. The first kappa shape index (κ1) is 15.3. The molecule has 0 radical (unpaired) electrons. The van der Waals surface area contributed by atoms with E-state index in [2.05, 4.69) is 4.90 Å². The number of nitrogens with two attached hydrogens (primary N) is 1. The number of sulfone groups is 1. The van der Waals surface area contributed by atoms with Gasteiger partial charge in [-0.2, -0.15) is 0 Å². The molecule has 0 saturated carbocycles. The van der Waals surface area contributed by atoms with Crippen LogP contribution in [-0.4, -0.2) is 51.1 Å². The number of para-hydroxylation sites is 1. The topological polar surface area (TPSA) is 72.6 Å². The van der Waals surface area contributed by atoms with E-state index in [4.69, 9.17) is 10.5 Å². The van der Waals surface area contributed by atoms with Gasteiger partial charge in [0.25, 0.3) is 0 Å². The van der Waals surface area contributed by atoms with Gasteiger partial charge >= 0.3 is 0 Å². The number of ether oxygens (including phenoxy) is 1. The molecular weight excluding hydrogens is 276 g/mol. The molecule has 1 aromatic rings. The molecule has 1 aromatic carbocycles. The van der Waals surface area contributed by atoms with Crippen molar-refractivity contribution in [2.24, 2.45) is 5.73 Å². The number of nitrogens with zero attached hydrogens (tertiary/aromatic N) is 1. The van der Waals surface area contributed by atoms with E-state index in [1.807, 2.05) is 31.3 Å². The van der Waals surface area contributed by atoms with Gasteiger partial charge in [0.05, 0.1) is 18.6 Å². The van der Waals surface area contributed by atoms with Crippen LogP contribution in [0.2, 0.25) is 0 Å². The van der Waals surface area contributed by atoms with Crippen LogP contribution in [0.15, 0.2) is 24.3 Å². The summed E-state index contributed by atoms with van der Waals surface area (Å²) >= 11 is 0. The molecule has 1 saturated heterocycles. The standard InChI is InChI=1S/C14H22N2O3S/c1-16(9-12-5-3-4-6-13(12)19-2)14(10-15)7-8-20(17,18)11-14/h3-6H,7-11,15H2,1-2H3. The van der Waals surface area contributed by atoms with E-state index in [0.717, 1.165) is 11.3 Å². The molecule has 1 aliphatic rings. The molecule has 6 heteroatoms. The Morgan fingerprint density at radius 3 is 2.65 bits per heavy atom. The molecule has 1 unspecified atom stereocenters. The Hall–Kier alpha value is -1.11. The minimum absolute atomic E-state index is 0.141. The Labute approximate surface area is 120 Å². The molecule has 1 aliphatic heterocycles. The Balaban J connectivity index is 2.20. The molecule has 0 aromatic heterocycles. The summed E-state index contributed by atoms with van der Waals surface area (Å²) in [6.07, 6.45) is 0.595. The average molecular weight is 298 g/mol. The van der Waals surface area contributed by atoms with Crippen molar-refractivity contribution < 1.29 is 13.2 Å². The third-order valence-electron chi connectivity index (χ3n) is 4.16. The fourth-order valence-corrected chi connectivity index (χ4v) is 4.91. The summed E-state index contributed by atoms with van der Waals surface area (Å²) in [5.41, 5.74) is 6.46. The van der Waals surface area contributed by atoms with Crippen LogP contribution in [0.1, 0.15) is 12.0 Å². The molecule has 2 rings (SSSR count). The van der Waals surface area contributed by atoms with Crippen molar-refractivity contribution in [2.45, 2.75) is 18.5 Å². The predicted molar refractivity (Wildman–Crippen MR) is 79.5 cm³/mol. The molecule has 0 amide bonds. The lowest BCUT2D eigenvalue weighted by molar-refractivity contribution is 0.141. The van der Waals surface area contributed by atoms with Gasteiger partial charge < -0.3 is 10.5 Å². The van der Waals surface area contributed by atoms with Crippen molar-refractivity contribution in [1.82, 2.24) is 4.90 Å². The number of hydrogen-bond acceptors (Lipinski definition) is 5. The van der Waals surface area contributed by atoms with Crippen molar-refractivity contribution in [1.29, 1.82) is 0 Å². The highest BCUT2D eigenvalue weighted by Gasteiger charge is 2.44. The van der Waals surface area contributed by atoms with Crippen LogP contribution in [0.3, 0.4) is 0 Å². The Kier molecular flexibility index (Phi) is 4.36. The maximum Gasteiger partial charge on any atom is 0.152 e. The molecular formula is C14H22N2O3S. The molecule has 0 aliphatic carbocycles. The van der Waals surface area contributed by atoms with E-state index in [0.29, 0.717) is 19.5 Å². The van der Waals surface area contributed by atoms with Gasteiger partial charge in [0.1, 0.15) is 5.75 Å². The molecule has 1 atom stereocenters. The van der Waals surface area contributed by atoms with Gasteiger partial charge in [-0.15, -0.1) is 0 Å². The van der Waals surface area contributed by atoms with Crippen LogP contribution in [0.25, 0.3) is 0 Å². The number of likely N-dealkylation sites (N-methyl/N-ethyl adjacent to an activating group) is 1. The van der Waals surface area contributed by atoms with Gasteiger partial charge in [0.15, 0.2) is 9.84 Å². The first-order chi connectivity index (χ1) is 9.42. The lowest BCUT2D eigenvalue weighted by atomic mass is 9.96. The number of benzene rings is 1. The quantitative estimate of drug-likeness (QED) is 0.864. The lowest BCUT2D eigenvalue weighted by Crippen LogP contribution is -2.52. The SMILES string of the molecule is COc1ccccc1CN(C)C1(CN)CCS(=O)(=O)C1. The first-order valence-corrected chi connectivity index (χ1v) is 8.48. The summed E-state index contributed by atoms with van der Waals surface area (Å²) in [5.74, 6) is 1.18. The van der Waals surface area contributed by atoms with Crippen molar-refractivity contribution in [3.8, 4) is 5.75 Å². The van der Waals surface area contributed by atoms with Gasteiger partial charge in [0, 0.05) is 24.2 Å². The van der Waals surface area contributed by atoms with Crippen LogP contribution >= 0.6 is 0 Å². The summed E-state index contributed by atoms with van der Waals surface area (Å²) in [6.45, 7) is 0.967. The molecule has 0 spiro atoms. The zero-order valence-corrected chi connectivity index (χ0v) is 12.8. The van der Waals surface area contributed by atoms with Crippen LogP contribution in [0.5, 0.6) is 5.75 Å². The number of hydrogen-bond donors (Lipinski definition) is 1. The van der Waals surface area contributed by atoms with Gasteiger partial charge in [-0.3, -0.25) is 4.90 Å². The summed E-state index contributed by atoms with van der Waals surface area (Å²) in [5, 5.41) is 0. The average Bonchev–Trinajstić information content (AvgIpc) is 2.76. The van der Waals surface area contributed by atoms with Crippen molar-refractivity contribution in [3.05, 3.63) is 29.8 Å². The van der Waals surface area contributed by atoms with E-state index in [-0.39, 0.29) is 11.5 Å². The number of rotatable bonds is 5. The van der Waals surface area contributed by atoms with Gasteiger partial charge in [-0.05, 0) is 19.5 Å². The van der Waals surface area contributed by atoms with Crippen molar-refractivity contribution in [3.63, 3.8) is 0 Å². The minimum Gasteiger partial charge on any atom is -0.496 e. The van der Waals surface area contributed by atoms with E-state index < -0.39 is 15.4 Å². The molecule has 5 nitrogen and oxygen atoms in total. The van der Waals surface area contributed by atoms with Crippen LogP contribution in [-0.2, 0) is 16.4 Å². The maximum atomic E-state index is 11.8. The van der Waals surface area contributed by atoms with E-state index >= 15 is 0 Å². The Bertz CT molecular complexity index is 574. The molecule has 112 valence electrons. The monoisotopic (exact) mass is 298 g/mol. The predicted octanol–water partition coefficient (Wildman–Crippen LogP) is 0.643. The van der Waals surface area contributed by atoms with Gasteiger partial charge in [-0.25, -0.2) is 8.42 Å². The van der Waals surface area contributed by atoms with Crippen LogP contribution in [0, 0.1) is 0 Å². The summed E-state index contributed by atoms with van der Waals surface area (Å²) in [4.78, 5) is 2.05. The van der Waals surface area contributed by atoms with Crippen LogP contribution < -0.4 is 10.5 Å². The third kappa shape index (κ3) is 2.97. The van der Waals surface area contributed by atoms with Crippen molar-refractivity contribution in [2.75, 3.05) is 32.2 Å². The van der Waals surface area contributed by atoms with E-state index in [1.165, 1.54) is 0 Å². The fraction of sp³-hybridized carbons (Fsp3) is 0.571. The second-order valence-electron chi connectivity index (χ2n) is 5.44. The van der Waals surface area contributed by atoms with Gasteiger partial charge in [-0.1, -0.05) is 18.2 Å². The Morgan fingerprint density at radius 2 is 2.10 bits per heavy atom. The second-order valence-corrected chi connectivity index (χ2v) is 7.62. The zero-order valence-electron chi connectivity index (χ0n) is 12.0. The normalized spacial score (nSPS) is 25.0. The molecule has 1 heterocycles. The van der Waals surface area contributed by atoms with Crippen molar-refractivity contribution >= 4 is 9.84 Å². The molecule has 1 fully saturated rings. The Morgan fingerprint density at radius 1 is 1.40 bits per heavy atom. The summed E-state index contributed by atoms with van der Waals surface area (Å²) < 4.78 is 28.9. The van der Waals surface area contributed by atoms with Crippen LogP contribution in [0.4, 0.5) is 0 Å². The van der Waals surface area contributed by atoms with E-state index in [1.54, 1.807) is 7.11 Å². The number of methoxy groups -OCH3 is 1. The fourth-order valence-electron chi connectivity index (χ4n) is 2.77. The highest BCUT2D eigenvalue weighted by atomic mass is 32.2. The van der Waals surface area contributed by atoms with E-state index in [9.17, 15) is 8.42 Å².